The average molecular weight is 245 g/mol. The van der Waals surface area contributed by atoms with E-state index in [2.05, 4.69) is 17.1 Å². The van der Waals surface area contributed by atoms with E-state index in [0.29, 0.717) is 11.8 Å². The van der Waals surface area contributed by atoms with E-state index in [1.807, 2.05) is 38.1 Å². The molecule has 1 unspecified atom stereocenters. The molecule has 1 atom stereocenters. The van der Waals surface area contributed by atoms with Crippen molar-refractivity contribution < 1.29 is 4.42 Å². The summed E-state index contributed by atoms with van der Waals surface area (Å²) in [6.07, 6.45) is 0.875. The highest BCUT2D eigenvalue weighted by Gasteiger charge is 2.16. The van der Waals surface area contributed by atoms with E-state index >= 15 is 0 Å². The second kappa shape index (κ2) is 5.21. The molecule has 2 aromatic rings. The highest BCUT2D eigenvalue weighted by Crippen LogP contribution is 2.22. The first kappa shape index (κ1) is 12.6. The number of aromatic nitrogens is 2. The SMILES string of the molecule is CC(C)c1nnc(C(C)Cc2ccc(N)cc2)o1. The van der Waals surface area contributed by atoms with Crippen LogP contribution in [0.3, 0.4) is 0 Å². The molecule has 1 aromatic heterocycles. The molecule has 0 aliphatic heterocycles. The third-order valence-corrected chi connectivity index (χ3v) is 2.89. The Balaban J connectivity index is 2.06. The summed E-state index contributed by atoms with van der Waals surface area (Å²) in [5.41, 5.74) is 7.67. The standard InChI is InChI=1S/C14H19N3O/c1-9(2)13-16-17-14(18-13)10(3)8-11-4-6-12(15)7-5-11/h4-7,9-10H,8,15H2,1-3H3. The van der Waals surface area contributed by atoms with E-state index in [9.17, 15) is 0 Å². The number of anilines is 1. The summed E-state index contributed by atoms with van der Waals surface area (Å²) in [5, 5.41) is 8.17. The first-order valence-electron chi connectivity index (χ1n) is 6.24. The molecule has 0 saturated carbocycles. The predicted octanol–water partition coefficient (Wildman–Crippen LogP) is 3.12. The fraction of sp³-hybridized carbons (Fsp3) is 0.429. The van der Waals surface area contributed by atoms with Gasteiger partial charge in [-0.05, 0) is 24.1 Å². The Bertz CT molecular complexity index is 502. The first-order chi connectivity index (χ1) is 8.56. The van der Waals surface area contributed by atoms with E-state index in [0.717, 1.165) is 12.1 Å². The fourth-order valence-electron chi connectivity index (χ4n) is 1.77. The lowest BCUT2D eigenvalue weighted by Crippen LogP contribution is -1.99. The Labute approximate surface area is 107 Å². The molecule has 4 nitrogen and oxygen atoms in total. The van der Waals surface area contributed by atoms with Gasteiger partial charge in [0.1, 0.15) is 0 Å². The maximum atomic E-state index is 5.66. The van der Waals surface area contributed by atoms with Crippen LogP contribution in [0.4, 0.5) is 5.69 Å². The Morgan fingerprint density at radius 1 is 1.06 bits per heavy atom. The van der Waals surface area contributed by atoms with Gasteiger partial charge in [-0.2, -0.15) is 0 Å². The van der Waals surface area contributed by atoms with Crippen molar-refractivity contribution in [3.8, 4) is 0 Å². The monoisotopic (exact) mass is 245 g/mol. The molecule has 0 saturated heterocycles. The summed E-state index contributed by atoms with van der Waals surface area (Å²) in [6, 6.07) is 7.89. The Kier molecular flexibility index (Phi) is 3.65. The van der Waals surface area contributed by atoms with Crippen LogP contribution < -0.4 is 5.73 Å². The van der Waals surface area contributed by atoms with E-state index in [1.54, 1.807) is 0 Å². The van der Waals surface area contributed by atoms with Gasteiger partial charge in [0.2, 0.25) is 11.8 Å². The zero-order chi connectivity index (χ0) is 13.1. The number of nitrogen functional groups attached to an aromatic ring is 1. The second-order valence-corrected chi connectivity index (χ2v) is 4.98. The lowest BCUT2D eigenvalue weighted by Gasteiger charge is -2.07. The Morgan fingerprint density at radius 3 is 2.22 bits per heavy atom. The van der Waals surface area contributed by atoms with Gasteiger partial charge in [0, 0.05) is 17.5 Å². The maximum absolute atomic E-state index is 5.66. The van der Waals surface area contributed by atoms with Crippen LogP contribution in [0.1, 0.15) is 50.0 Å². The second-order valence-electron chi connectivity index (χ2n) is 4.98. The van der Waals surface area contributed by atoms with Crippen LogP contribution in [0.25, 0.3) is 0 Å². The zero-order valence-electron chi connectivity index (χ0n) is 11.1. The summed E-state index contributed by atoms with van der Waals surface area (Å²) < 4.78 is 5.66. The highest BCUT2D eigenvalue weighted by molar-refractivity contribution is 5.39. The molecule has 1 aromatic carbocycles. The van der Waals surface area contributed by atoms with Crippen LogP contribution in [-0.4, -0.2) is 10.2 Å². The van der Waals surface area contributed by atoms with Crippen molar-refractivity contribution in [1.82, 2.24) is 10.2 Å². The van der Waals surface area contributed by atoms with Crippen molar-refractivity contribution in [2.45, 2.75) is 39.0 Å². The van der Waals surface area contributed by atoms with E-state index in [-0.39, 0.29) is 11.8 Å². The van der Waals surface area contributed by atoms with Crippen molar-refractivity contribution in [2.24, 2.45) is 0 Å². The van der Waals surface area contributed by atoms with Gasteiger partial charge in [-0.25, -0.2) is 0 Å². The number of rotatable bonds is 4. The van der Waals surface area contributed by atoms with Gasteiger partial charge in [-0.3, -0.25) is 0 Å². The molecule has 2 rings (SSSR count). The smallest absolute Gasteiger partial charge is 0.219 e. The van der Waals surface area contributed by atoms with Crippen LogP contribution in [0.5, 0.6) is 0 Å². The molecule has 0 fully saturated rings. The minimum absolute atomic E-state index is 0.216. The predicted molar refractivity (Wildman–Crippen MR) is 71.4 cm³/mol. The Morgan fingerprint density at radius 2 is 1.67 bits per heavy atom. The van der Waals surface area contributed by atoms with Crippen LogP contribution in [0.15, 0.2) is 28.7 Å². The van der Waals surface area contributed by atoms with Crippen LogP contribution in [-0.2, 0) is 6.42 Å². The minimum Gasteiger partial charge on any atom is -0.425 e. The molecule has 0 bridgehead atoms. The normalized spacial score (nSPS) is 12.9. The molecule has 0 amide bonds. The molecule has 2 N–H and O–H groups in total. The number of nitrogens with two attached hydrogens (primary N) is 1. The van der Waals surface area contributed by atoms with Crippen LogP contribution in [0, 0.1) is 0 Å². The number of benzene rings is 1. The minimum atomic E-state index is 0.216. The quantitative estimate of drug-likeness (QED) is 0.840. The van der Waals surface area contributed by atoms with Gasteiger partial charge in [-0.15, -0.1) is 10.2 Å². The summed E-state index contributed by atoms with van der Waals surface area (Å²) in [5.74, 6) is 1.90. The summed E-state index contributed by atoms with van der Waals surface area (Å²) in [4.78, 5) is 0. The van der Waals surface area contributed by atoms with Gasteiger partial charge in [0.15, 0.2) is 0 Å². The average Bonchev–Trinajstić information content (AvgIpc) is 2.81. The van der Waals surface area contributed by atoms with Crippen molar-refractivity contribution in [1.29, 1.82) is 0 Å². The number of hydrogen-bond acceptors (Lipinski definition) is 4. The first-order valence-corrected chi connectivity index (χ1v) is 6.24. The molecule has 0 spiro atoms. The van der Waals surface area contributed by atoms with Gasteiger partial charge >= 0.3 is 0 Å². The third kappa shape index (κ3) is 2.88. The largest absolute Gasteiger partial charge is 0.425 e. The van der Waals surface area contributed by atoms with E-state index in [4.69, 9.17) is 10.2 Å². The van der Waals surface area contributed by atoms with Gasteiger partial charge in [-0.1, -0.05) is 32.9 Å². The summed E-state index contributed by atoms with van der Waals surface area (Å²) in [7, 11) is 0. The Hall–Kier alpha value is -1.84. The van der Waals surface area contributed by atoms with Crippen molar-refractivity contribution in [3.63, 3.8) is 0 Å². The number of hydrogen-bond donors (Lipinski definition) is 1. The van der Waals surface area contributed by atoms with Crippen LogP contribution in [0.2, 0.25) is 0 Å². The topological polar surface area (TPSA) is 64.9 Å². The molecule has 18 heavy (non-hydrogen) atoms. The van der Waals surface area contributed by atoms with Gasteiger partial charge in [0.05, 0.1) is 0 Å². The summed E-state index contributed by atoms with van der Waals surface area (Å²) in [6.45, 7) is 6.18. The molecular formula is C14H19N3O. The van der Waals surface area contributed by atoms with E-state index in [1.165, 1.54) is 5.56 Å². The maximum Gasteiger partial charge on any atom is 0.219 e. The molecule has 96 valence electrons. The fourth-order valence-corrected chi connectivity index (χ4v) is 1.77. The van der Waals surface area contributed by atoms with Crippen molar-refractivity contribution in [3.05, 3.63) is 41.6 Å². The molecule has 0 radical (unpaired) electrons. The zero-order valence-corrected chi connectivity index (χ0v) is 11.1. The molecular weight excluding hydrogens is 226 g/mol. The van der Waals surface area contributed by atoms with E-state index < -0.39 is 0 Å². The summed E-state index contributed by atoms with van der Waals surface area (Å²) >= 11 is 0. The van der Waals surface area contributed by atoms with Crippen molar-refractivity contribution in [2.75, 3.05) is 5.73 Å². The molecule has 0 aliphatic carbocycles. The lowest BCUT2D eigenvalue weighted by atomic mass is 10.0. The number of nitrogens with zero attached hydrogens (tertiary/aromatic N) is 2. The lowest BCUT2D eigenvalue weighted by molar-refractivity contribution is 0.409. The van der Waals surface area contributed by atoms with Crippen LogP contribution >= 0.6 is 0 Å². The molecule has 0 aliphatic rings. The molecule has 1 heterocycles. The van der Waals surface area contributed by atoms with Gasteiger partial charge < -0.3 is 10.2 Å². The van der Waals surface area contributed by atoms with Gasteiger partial charge in [0.25, 0.3) is 0 Å². The highest BCUT2D eigenvalue weighted by atomic mass is 16.4. The third-order valence-electron chi connectivity index (χ3n) is 2.89. The van der Waals surface area contributed by atoms with Crippen molar-refractivity contribution >= 4 is 5.69 Å². The molecule has 4 heteroatoms.